The quantitative estimate of drug-likeness (QED) is 0.669. The van der Waals surface area contributed by atoms with Crippen molar-refractivity contribution in [2.24, 2.45) is 0 Å². The summed E-state index contributed by atoms with van der Waals surface area (Å²) in [6.45, 7) is 0. The predicted molar refractivity (Wildman–Crippen MR) is 58.2 cm³/mol. The normalized spacial score (nSPS) is 11.9. The van der Waals surface area contributed by atoms with Crippen molar-refractivity contribution in [1.82, 2.24) is 4.98 Å². The van der Waals surface area contributed by atoms with E-state index in [1.54, 1.807) is 0 Å². The number of pyridine rings is 1. The Morgan fingerprint density at radius 3 is 2.37 bits per heavy atom. The van der Waals surface area contributed by atoms with E-state index in [-0.39, 0.29) is 16.6 Å². The minimum absolute atomic E-state index is 0.118. The minimum atomic E-state index is -5.02. The molecule has 0 bridgehead atoms. The van der Waals surface area contributed by atoms with Gasteiger partial charge in [-0.3, -0.25) is 9.78 Å². The lowest BCUT2D eigenvalue weighted by molar-refractivity contribution is -0.140. The van der Waals surface area contributed by atoms with Crippen molar-refractivity contribution >= 4 is 21.9 Å². The topological polar surface area (TPSA) is 50.2 Å². The maximum Gasteiger partial charge on any atom is 0.418 e. The van der Waals surface area contributed by atoms with Gasteiger partial charge in [-0.2, -0.15) is 13.2 Å². The van der Waals surface area contributed by atoms with Gasteiger partial charge in [0.05, 0.1) is 17.7 Å². The van der Waals surface area contributed by atoms with Crippen LogP contribution in [-0.4, -0.2) is 16.1 Å². The van der Waals surface area contributed by atoms with Gasteiger partial charge in [0, 0.05) is 5.33 Å². The van der Waals surface area contributed by atoms with Crippen LogP contribution in [0.3, 0.4) is 0 Å². The Morgan fingerprint density at radius 1 is 1.42 bits per heavy atom. The first-order valence-electron chi connectivity index (χ1n) is 4.82. The molecule has 0 saturated carbocycles. The van der Waals surface area contributed by atoms with E-state index >= 15 is 0 Å². The molecule has 0 atom stereocenters. The van der Waals surface area contributed by atoms with E-state index < -0.39 is 36.2 Å². The molecular weight excluding hydrogens is 341 g/mol. The molecule has 1 aromatic rings. The van der Waals surface area contributed by atoms with Crippen LogP contribution in [0.25, 0.3) is 0 Å². The fourth-order valence-electron chi connectivity index (χ4n) is 1.43. The van der Waals surface area contributed by atoms with E-state index in [1.165, 1.54) is 0 Å². The number of nitrogens with zero attached hydrogens (tertiary/aromatic N) is 1. The number of hydrogen-bond acceptors (Lipinski definition) is 2. The average Bonchev–Trinajstić information content (AvgIpc) is 2.26. The van der Waals surface area contributed by atoms with Crippen LogP contribution in [0.15, 0.2) is 6.07 Å². The molecule has 1 heterocycles. The van der Waals surface area contributed by atoms with Crippen molar-refractivity contribution in [3.63, 3.8) is 0 Å². The third kappa shape index (κ3) is 3.85. The van der Waals surface area contributed by atoms with Gasteiger partial charge in [-0.15, -0.1) is 0 Å². The summed E-state index contributed by atoms with van der Waals surface area (Å²) < 4.78 is 63.0. The molecule has 0 aromatic carbocycles. The van der Waals surface area contributed by atoms with E-state index in [0.29, 0.717) is 6.07 Å². The van der Waals surface area contributed by atoms with Crippen LogP contribution in [-0.2, 0) is 22.7 Å². The van der Waals surface area contributed by atoms with E-state index in [2.05, 4.69) is 20.9 Å². The number of carboxylic acids is 1. The molecule has 1 rings (SSSR count). The van der Waals surface area contributed by atoms with Gasteiger partial charge in [0.15, 0.2) is 0 Å². The molecular formula is C10H7BrF5NO2. The lowest BCUT2D eigenvalue weighted by atomic mass is 10.0. The zero-order valence-corrected chi connectivity index (χ0v) is 10.7. The molecule has 0 amide bonds. The molecule has 19 heavy (non-hydrogen) atoms. The van der Waals surface area contributed by atoms with Crippen molar-refractivity contribution < 1.29 is 31.9 Å². The standard InChI is InChI=1S/C10H7BrF5NO2/c11-3-6-4(2-7(18)19)1-5(10(14,15)16)8(17-6)9(12)13/h1,9H,2-3H2,(H,18,19). The number of carboxylic acid groups (broad SMARTS) is 1. The van der Waals surface area contributed by atoms with Gasteiger partial charge >= 0.3 is 12.1 Å². The SMILES string of the molecule is O=C(O)Cc1cc(C(F)(F)F)c(C(F)F)nc1CBr. The Bertz CT molecular complexity index is 490. The summed E-state index contributed by atoms with van der Waals surface area (Å²) in [6.07, 6.45) is -9.13. The van der Waals surface area contributed by atoms with Crippen molar-refractivity contribution in [1.29, 1.82) is 0 Å². The van der Waals surface area contributed by atoms with E-state index in [0.717, 1.165) is 0 Å². The highest BCUT2D eigenvalue weighted by atomic mass is 79.9. The van der Waals surface area contributed by atoms with Gasteiger partial charge in [-0.05, 0) is 11.6 Å². The first kappa shape index (κ1) is 15.8. The third-order valence-electron chi connectivity index (χ3n) is 2.20. The number of halogens is 6. The van der Waals surface area contributed by atoms with Gasteiger partial charge in [-0.1, -0.05) is 15.9 Å². The number of carbonyl (C=O) groups is 1. The Labute approximate surface area is 112 Å². The second-order valence-electron chi connectivity index (χ2n) is 3.53. The Kier molecular flexibility index (Phi) is 4.83. The van der Waals surface area contributed by atoms with Crippen LogP contribution in [0.5, 0.6) is 0 Å². The zero-order chi connectivity index (χ0) is 14.8. The molecule has 0 aliphatic heterocycles. The summed E-state index contributed by atoms with van der Waals surface area (Å²) in [6, 6.07) is 0.416. The molecule has 0 radical (unpaired) electrons. The van der Waals surface area contributed by atoms with Gasteiger partial charge in [-0.25, -0.2) is 8.78 Å². The Hall–Kier alpha value is -1.25. The highest BCUT2D eigenvalue weighted by molar-refractivity contribution is 9.08. The maximum atomic E-state index is 12.6. The first-order valence-corrected chi connectivity index (χ1v) is 5.94. The second-order valence-corrected chi connectivity index (χ2v) is 4.09. The lowest BCUT2D eigenvalue weighted by Gasteiger charge is -2.15. The summed E-state index contributed by atoms with van der Waals surface area (Å²) in [4.78, 5) is 13.8. The van der Waals surface area contributed by atoms with Crippen LogP contribution in [0.1, 0.15) is 28.9 Å². The minimum Gasteiger partial charge on any atom is -0.481 e. The first-order chi connectivity index (χ1) is 8.66. The second kappa shape index (κ2) is 5.81. The van der Waals surface area contributed by atoms with Crippen molar-refractivity contribution in [3.05, 3.63) is 28.6 Å². The Morgan fingerprint density at radius 2 is 2.00 bits per heavy atom. The smallest absolute Gasteiger partial charge is 0.418 e. The largest absolute Gasteiger partial charge is 0.481 e. The molecule has 1 N–H and O–H groups in total. The zero-order valence-electron chi connectivity index (χ0n) is 9.14. The summed E-state index contributed by atoms with van der Waals surface area (Å²) in [5.74, 6) is -1.37. The van der Waals surface area contributed by atoms with E-state index in [4.69, 9.17) is 5.11 Å². The van der Waals surface area contributed by atoms with Gasteiger partial charge in [0.25, 0.3) is 6.43 Å². The lowest BCUT2D eigenvalue weighted by Crippen LogP contribution is -2.15. The summed E-state index contributed by atoms with van der Waals surface area (Å²) in [5.41, 5.74) is -3.40. The molecule has 0 spiro atoms. The molecule has 106 valence electrons. The fraction of sp³-hybridized carbons (Fsp3) is 0.400. The van der Waals surface area contributed by atoms with E-state index in [9.17, 15) is 26.7 Å². The summed E-state index contributed by atoms with van der Waals surface area (Å²) >= 11 is 2.87. The van der Waals surface area contributed by atoms with Gasteiger partial charge in [0.1, 0.15) is 5.69 Å². The summed E-state index contributed by atoms with van der Waals surface area (Å²) in [7, 11) is 0. The molecule has 9 heteroatoms. The van der Waals surface area contributed by atoms with Crippen LogP contribution in [0, 0.1) is 0 Å². The Balaban J connectivity index is 3.47. The van der Waals surface area contributed by atoms with Crippen molar-refractivity contribution in [2.75, 3.05) is 0 Å². The average molecular weight is 348 g/mol. The number of alkyl halides is 6. The monoisotopic (exact) mass is 347 g/mol. The van der Waals surface area contributed by atoms with Crippen molar-refractivity contribution in [2.45, 2.75) is 24.4 Å². The maximum absolute atomic E-state index is 12.6. The van der Waals surface area contributed by atoms with Gasteiger partial charge < -0.3 is 5.11 Å². The number of rotatable bonds is 4. The number of hydrogen-bond donors (Lipinski definition) is 1. The van der Waals surface area contributed by atoms with Crippen molar-refractivity contribution in [3.8, 4) is 0 Å². The molecule has 0 saturated heterocycles. The number of aromatic nitrogens is 1. The molecule has 0 aliphatic carbocycles. The highest BCUT2D eigenvalue weighted by Gasteiger charge is 2.37. The van der Waals surface area contributed by atoms with Crippen LogP contribution in [0.4, 0.5) is 22.0 Å². The molecule has 0 fully saturated rings. The van der Waals surface area contributed by atoms with Crippen LogP contribution < -0.4 is 0 Å². The van der Waals surface area contributed by atoms with Gasteiger partial charge in [0.2, 0.25) is 0 Å². The number of aliphatic carboxylic acids is 1. The van der Waals surface area contributed by atoms with Crippen LogP contribution in [0.2, 0.25) is 0 Å². The summed E-state index contributed by atoms with van der Waals surface area (Å²) in [5, 5.41) is 8.47. The third-order valence-corrected chi connectivity index (χ3v) is 2.73. The van der Waals surface area contributed by atoms with E-state index in [1.807, 2.05) is 0 Å². The molecule has 1 aromatic heterocycles. The molecule has 0 unspecified atom stereocenters. The molecule has 0 aliphatic rings. The predicted octanol–water partition coefficient (Wildman–Crippen LogP) is 3.56. The van der Waals surface area contributed by atoms with Crippen LogP contribution >= 0.6 is 15.9 Å². The highest BCUT2D eigenvalue weighted by Crippen LogP contribution is 2.36. The molecule has 3 nitrogen and oxygen atoms in total. The fourth-order valence-corrected chi connectivity index (χ4v) is 1.92.